The van der Waals surface area contributed by atoms with Gasteiger partial charge in [0.05, 0.1) is 18.4 Å². The summed E-state index contributed by atoms with van der Waals surface area (Å²) in [5, 5.41) is 6.23. The van der Waals surface area contributed by atoms with Crippen molar-refractivity contribution >= 4 is 11.6 Å². The molecule has 0 bridgehead atoms. The largest absolute Gasteiger partial charge is 0.495 e. The third kappa shape index (κ3) is 3.12. The van der Waals surface area contributed by atoms with Crippen molar-refractivity contribution in [2.45, 2.75) is 6.18 Å². The van der Waals surface area contributed by atoms with Gasteiger partial charge in [0, 0.05) is 10.6 Å². The van der Waals surface area contributed by atoms with Crippen molar-refractivity contribution in [3.8, 4) is 22.8 Å². The summed E-state index contributed by atoms with van der Waals surface area (Å²) in [6.45, 7) is 0. The minimum atomic E-state index is -4.60. The van der Waals surface area contributed by atoms with Gasteiger partial charge in [-0.25, -0.2) is 14.5 Å². The summed E-state index contributed by atoms with van der Waals surface area (Å²) in [5.41, 5.74) is -1.68. The molecule has 0 spiro atoms. The predicted octanol–water partition coefficient (Wildman–Crippen LogP) is 3.91. The zero-order valence-corrected chi connectivity index (χ0v) is 13.5. The Labute approximate surface area is 144 Å². The van der Waals surface area contributed by atoms with Crippen LogP contribution in [0.3, 0.4) is 0 Å². The van der Waals surface area contributed by atoms with Gasteiger partial charge < -0.3 is 4.74 Å². The Hall–Kier alpha value is -2.74. The Bertz CT molecular complexity index is 979. The number of hydrogen-bond donors (Lipinski definition) is 1. The quantitative estimate of drug-likeness (QED) is 0.761. The molecular weight excluding hydrogens is 359 g/mol. The van der Waals surface area contributed by atoms with E-state index in [0.717, 1.165) is 10.6 Å². The molecule has 1 N–H and O–H groups in total. The lowest BCUT2D eigenvalue weighted by molar-refractivity contribution is -0.137. The van der Waals surface area contributed by atoms with E-state index in [1.807, 2.05) is 0 Å². The predicted molar refractivity (Wildman–Crippen MR) is 86.2 cm³/mol. The topological polar surface area (TPSA) is 59.9 Å². The lowest BCUT2D eigenvalue weighted by Crippen LogP contribution is -2.17. The third-order valence-corrected chi connectivity index (χ3v) is 3.76. The summed E-state index contributed by atoms with van der Waals surface area (Å²) in [4.78, 5) is 12.2. The van der Waals surface area contributed by atoms with Crippen molar-refractivity contribution in [1.82, 2.24) is 14.8 Å². The summed E-state index contributed by atoms with van der Waals surface area (Å²) in [5.74, 6) is 0.0668. The highest BCUT2D eigenvalue weighted by Gasteiger charge is 2.35. The number of nitrogens with zero attached hydrogens (tertiary/aromatic N) is 2. The van der Waals surface area contributed by atoms with Gasteiger partial charge in [-0.05, 0) is 24.3 Å². The van der Waals surface area contributed by atoms with Crippen molar-refractivity contribution in [2.24, 2.45) is 0 Å². The van der Waals surface area contributed by atoms with Gasteiger partial charge in [-0.15, -0.1) is 0 Å². The molecule has 0 aliphatic rings. The second-order valence-electron chi connectivity index (χ2n) is 5.05. The molecule has 1 aromatic heterocycles. The number of halogens is 4. The van der Waals surface area contributed by atoms with Gasteiger partial charge in [0.1, 0.15) is 5.75 Å². The molecule has 3 rings (SSSR count). The smallest absolute Gasteiger partial charge is 0.417 e. The molecule has 1 heterocycles. The maximum absolute atomic E-state index is 13.3. The van der Waals surface area contributed by atoms with E-state index in [9.17, 15) is 18.0 Å². The van der Waals surface area contributed by atoms with E-state index in [2.05, 4.69) is 10.2 Å². The number of ether oxygens (including phenoxy) is 1. The summed E-state index contributed by atoms with van der Waals surface area (Å²) in [7, 11) is 1.38. The van der Waals surface area contributed by atoms with Crippen molar-refractivity contribution in [3.05, 3.63) is 63.5 Å². The van der Waals surface area contributed by atoms with Crippen molar-refractivity contribution in [3.63, 3.8) is 0 Å². The lowest BCUT2D eigenvalue weighted by Gasteiger charge is -2.14. The molecule has 3 aromatic rings. The van der Waals surface area contributed by atoms with Crippen LogP contribution in [-0.2, 0) is 6.18 Å². The van der Waals surface area contributed by atoms with Crippen LogP contribution in [0.4, 0.5) is 13.2 Å². The summed E-state index contributed by atoms with van der Waals surface area (Å²) >= 11 is 5.96. The first-order valence-electron chi connectivity index (χ1n) is 7.01. The minimum Gasteiger partial charge on any atom is -0.495 e. The molecule has 0 aliphatic heterocycles. The second kappa shape index (κ2) is 6.29. The fourth-order valence-electron chi connectivity index (χ4n) is 2.46. The van der Waals surface area contributed by atoms with Crippen LogP contribution >= 0.6 is 11.6 Å². The number of aromatic nitrogens is 3. The first-order chi connectivity index (χ1) is 11.8. The molecule has 130 valence electrons. The molecule has 5 nitrogen and oxygen atoms in total. The van der Waals surface area contributed by atoms with Gasteiger partial charge in [-0.1, -0.05) is 29.8 Å². The van der Waals surface area contributed by atoms with Crippen molar-refractivity contribution in [2.75, 3.05) is 7.11 Å². The molecule has 2 aromatic carbocycles. The number of methoxy groups -OCH3 is 1. The highest BCUT2D eigenvalue weighted by molar-refractivity contribution is 6.30. The lowest BCUT2D eigenvalue weighted by atomic mass is 10.1. The number of hydrogen-bond acceptors (Lipinski definition) is 3. The molecule has 0 radical (unpaired) electrons. The SMILES string of the molecule is COc1ccc(Cl)cc1-n1c(-c2ccccc2C(F)(F)F)n[nH]c1=O. The van der Waals surface area contributed by atoms with Gasteiger partial charge in [0.25, 0.3) is 0 Å². The average Bonchev–Trinajstić information content (AvgIpc) is 2.95. The van der Waals surface area contributed by atoms with Crippen LogP contribution in [0.15, 0.2) is 47.3 Å². The average molecular weight is 370 g/mol. The normalized spacial score (nSPS) is 11.6. The van der Waals surface area contributed by atoms with Gasteiger partial charge in [0.2, 0.25) is 0 Å². The van der Waals surface area contributed by atoms with Crippen LogP contribution in [-0.4, -0.2) is 21.9 Å². The number of alkyl halides is 3. The molecule has 0 saturated carbocycles. The van der Waals surface area contributed by atoms with E-state index in [4.69, 9.17) is 16.3 Å². The monoisotopic (exact) mass is 369 g/mol. The number of rotatable bonds is 3. The fourth-order valence-corrected chi connectivity index (χ4v) is 2.63. The van der Waals surface area contributed by atoms with Crippen LogP contribution in [0.25, 0.3) is 17.1 Å². The molecule has 9 heteroatoms. The molecule has 0 amide bonds. The Kier molecular flexibility index (Phi) is 4.30. The van der Waals surface area contributed by atoms with Gasteiger partial charge in [-0.3, -0.25) is 0 Å². The van der Waals surface area contributed by atoms with Crippen molar-refractivity contribution < 1.29 is 17.9 Å². The van der Waals surface area contributed by atoms with Crippen LogP contribution in [0.5, 0.6) is 5.75 Å². The number of aromatic amines is 1. The molecule has 25 heavy (non-hydrogen) atoms. The standard InChI is InChI=1S/C16H11ClF3N3O2/c1-25-13-7-6-9(17)8-12(13)23-14(21-22-15(23)24)10-4-2-3-5-11(10)16(18,19)20/h2-8H,1H3,(H,22,24). The summed E-state index contributed by atoms with van der Waals surface area (Å²) in [6, 6.07) is 9.33. The number of H-pyrrole nitrogens is 1. The maximum Gasteiger partial charge on any atom is 0.417 e. The van der Waals surface area contributed by atoms with Gasteiger partial charge in [-0.2, -0.15) is 18.3 Å². The van der Waals surface area contributed by atoms with E-state index >= 15 is 0 Å². The molecule has 0 aliphatic carbocycles. The first-order valence-corrected chi connectivity index (χ1v) is 7.38. The zero-order chi connectivity index (χ0) is 18.2. The number of nitrogens with one attached hydrogen (secondary N) is 1. The highest BCUT2D eigenvalue weighted by atomic mass is 35.5. The zero-order valence-electron chi connectivity index (χ0n) is 12.8. The molecular formula is C16H11ClF3N3O2. The molecule has 0 fully saturated rings. The van der Waals surface area contributed by atoms with Gasteiger partial charge >= 0.3 is 11.9 Å². The minimum absolute atomic E-state index is 0.181. The van der Waals surface area contributed by atoms with E-state index < -0.39 is 17.4 Å². The van der Waals surface area contributed by atoms with Gasteiger partial charge in [0.15, 0.2) is 5.82 Å². The fraction of sp³-hybridized carbons (Fsp3) is 0.125. The van der Waals surface area contributed by atoms with Crippen LogP contribution in [0.2, 0.25) is 5.02 Å². The number of benzene rings is 2. The Morgan fingerprint density at radius 1 is 1.20 bits per heavy atom. The Morgan fingerprint density at radius 3 is 2.60 bits per heavy atom. The summed E-state index contributed by atoms with van der Waals surface area (Å²) in [6.07, 6.45) is -4.60. The van der Waals surface area contributed by atoms with E-state index in [1.165, 1.54) is 37.4 Å². The third-order valence-electron chi connectivity index (χ3n) is 3.53. The Balaban J connectivity index is 2.31. The van der Waals surface area contributed by atoms with Crippen LogP contribution < -0.4 is 10.4 Å². The van der Waals surface area contributed by atoms with E-state index in [0.29, 0.717) is 5.02 Å². The molecule has 0 atom stereocenters. The van der Waals surface area contributed by atoms with Crippen LogP contribution in [0.1, 0.15) is 5.56 Å². The maximum atomic E-state index is 13.3. The first kappa shape index (κ1) is 17.1. The Morgan fingerprint density at radius 2 is 1.92 bits per heavy atom. The molecule has 0 saturated heterocycles. The second-order valence-corrected chi connectivity index (χ2v) is 5.48. The summed E-state index contributed by atoms with van der Waals surface area (Å²) < 4.78 is 46.1. The highest BCUT2D eigenvalue weighted by Crippen LogP contribution is 2.37. The van der Waals surface area contributed by atoms with E-state index in [-0.39, 0.29) is 22.8 Å². The van der Waals surface area contributed by atoms with Crippen molar-refractivity contribution in [1.29, 1.82) is 0 Å². The molecule has 0 unspecified atom stereocenters. The van der Waals surface area contributed by atoms with Crippen LogP contribution in [0, 0.1) is 0 Å². The van der Waals surface area contributed by atoms with E-state index in [1.54, 1.807) is 6.07 Å².